The van der Waals surface area contributed by atoms with E-state index in [1.54, 1.807) is 12.1 Å². The second kappa shape index (κ2) is 7.06. The molecule has 1 aromatic rings. The van der Waals surface area contributed by atoms with E-state index in [0.29, 0.717) is 25.0 Å². The number of carbonyl (C=O) groups excluding carboxylic acids is 1. The summed E-state index contributed by atoms with van der Waals surface area (Å²) in [6.07, 6.45) is 2.41. The number of nitrogens with zero attached hydrogens (tertiary/aromatic N) is 2. The minimum absolute atomic E-state index is 0.101. The summed E-state index contributed by atoms with van der Waals surface area (Å²) in [4.78, 5) is 12.9. The third-order valence-electron chi connectivity index (χ3n) is 5.24. The molecule has 0 N–H and O–H groups in total. The van der Waals surface area contributed by atoms with Gasteiger partial charge in [-0.1, -0.05) is 13.3 Å². The summed E-state index contributed by atoms with van der Waals surface area (Å²) >= 11 is 0. The summed E-state index contributed by atoms with van der Waals surface area (Å²) in [6, 6.07) is 4.73. The topological polar surface area (TPSA) is 101 Å². The zero-order valence-electron chi connectivity index (χ0n) is 15.5. The van der Waals surface area contributed by atoms with E-state index in [2.05, 4.69) is 0 Å². The van der Waals surface area contributed by atoms with Gasteiger partial charge in [0.1, 0.15) is 5.75 Å². The average molecular weight is 417 g/mol. The van der Waals surface area contributed by atoms with Gasteiger partial charge in [-0.2, -0.15) is 4.31 Å². The molecular formula is C17H24N2O6S2. The zero-order chi connectivity index (χ0) is 20.0. The molecule has 0 aliphatic carbocycles. The summed E-state index contributed by atoms with van der Waals surface area (Å²) in [5.74, 6) is -0.606. The van der Waals surface area contributed by atoms with Crippen LogP contribution in [-0.2, 0) is 24.8 Å². The molecule has 0 radical (unpaired) electrons. The van der Waals surface area contributed by atoms with Crippen molar-refractivity contribution in [1.82, 2.24) is 8.61 Å². The lowest BCUT2D eigenvalue weighted by Crippen LogP contribution is -2.43. The van der Waals surface area contributed by atoms with Crippen molar-refractivity contribution in [2.45, 2.75) is 43.2 Å². The average Bonchev–Trinajstić information content (AvgIpc) is 3.13. The quantitative estimate of drug-likeness (QED) is 0.687. The maximum absolute atomic E-state index is 13.2. The lowest BCUT2D eigenvalue weighted by molar-refractivity contribution is -0.128. The van der Waals surface area contributed by atoms with E-state index in [1.165, 1.54) is 23.5 Å². The molecule has 3 atom stereocenters. The molecular weight excluding hydrogens is 392 g/mol. The van der Waals surface area contributed by atoms with Crippen molar-refractivity contribution in [3.05, 3.63) is 24.3 Å². The summed E-state index contributed by atoms with van der Waals surface area (Å²) in [6.45, 7) is 2.08. The first-order chi connectivity index (χ1) is 12.6. The SMILES string of the molecule is CCC[C@H]1C(=O)N(S(C)(=O)=O)[C@H]2CCN(S(=O)(=O)c3ccc(OC)cc3)[C@H]12. The first kappa shape index (κ1) is 20.1. The molecule has 0 bridgehead atoms. The van der Waals surface area contributed by atoms with Gasteiger partial charge in [-0.05, 0) is 37.1 Å². The molecule has 2 heterocycles. The first-order valence-corrected chi connectivity index (χ1v) is 12.1. The Morgan fingerprint density at radius 3 is 2.30 bits per heavy atom. The molecule has 3 rings (SSSR count). The molecule has 2 saturated heterocycles. The predicted molar refractivity (Wildman–Crippen MR) is 99.2 cm³/mol. The summed E-state index contributed by atoms with van der Waals surface area (Å²) in [5.41, 5.74) is 0. The van der Waals surface area contributed by atoms with Gasteiger partial charge >= 0.3 is 0 Å². The van der Waals surface area contributed by atoms with E-state index >= 15 is 0 Å². The Kier molecular flexibility index (Phi) is 5.26. The number of methoxy groups -OCH3 is 1. The zero-order valence-corrected chi connectivity index (χ0v) is 17.2. The minimum Gasteiger partial charge on any atom is -0.497 e. The second-order valence-electron chi connectivity index (χ2n) is 6.93. The van der Waals surface area contributed by atoms with Gasteiger partial charge in [0.2, 0.25) is 26.0 Å². The Hall–Kier alpha value is -1.65. The van der Waals surface area contributed by atoms with Gasteiger partial charge in [-0.25, -0.2) is 21.1 Å². The Balaban J connectivity index is 2.01. The van der Waals surface area contributed by atoms with Crippen LogP contribution in [0.25, 0.3) is 0 Å². The highest BCUT2D eigenvalue weighted by Gasteiger charge is 2.58. The molecule has 150 valence electrons. The van der Waals surface area contributed by atoms with Crippen LogP contribution in [-0.4, -0.2) is 63.3 Å². The number of hydrogen-bond donors (Lipinski definition) is 0. The molecule has 0 saturated carbocycles. The highest BCUT2D eigenvalue weighted by molar-refractivity contribution is 7.89. The number of fused-ring (bicyclic) bond motifs is 1. The summed E-state index contributed by atoms with van der Waals surface area (Å²) < 4.78 is 58.0. The largest absolute Gasteiger partial charge is 0.497 e. The molecule has 0 aromatic heterocycles. The van der Waals surface area contributed by atoms with Gasteiger partial charge in [-0.3, -0.25) is 4.79 Å². The smallest absolute Gasteiger partial charge is 0.243 e. The Morgan fingerprint density at radius 2 is 1.78 bits per heavy atom. The number of rotatable bonds is 6. The van der Waals surface area contributed by atoms with Crippen LogP contribution in [0, 0.1) is 5.92 Å². The van der Waals surface area contributed by atoms with Crippen molar-refractivity contribution in [3.63, 3.8) is 0 Å². The highest BCUT2D eigenvalue weighted by atomic mass is 32.2. The van der Waals surface area contributed by atoms with E-state index in [0.717, 1.165) is 10.6 Å². The van der Waals surface area contributed by atoms with E-state index in [4.69, 9.17) is 4.74 Å². The normalized spacial score (nSPS) is 26.4. The van der Waals surface area contributed by atoms with Crippen LogP contribution in [0.3, 0.4) is 0 Å². The van der Waals surface area contributed by atoms with Gasteiger partial charge in [-0.15, -0.1) is 0 Å². The Bertz CT molecular complexity index is 927. The van der Waals surface area contributed by atoms with Crippen LogP contribution in [0.1, 0.15) is 26.2 Å². The molecule has 2 aliphatic heterocycles. The fourth-order valence-electron chi connectivity index (χ4n) is 4.15. The number of ether oxygens (including phenoxy) is 1. The summed E-state index contributed by atoms with van der Waals surface area (Å²) in [5, 5.41) is 0. The first-order valence-electron chi connectivity index (χ1n) is 8.82. The number of benzene rings is 1. The molecule has 2 aliphatic rings. The van der Waals surface area contributed by atoms with E-state index in [1.807, 2.05) is 6.92 Å². The third kappa shape index (κ3) is 3.34. The van der Waals surface area contributed by atoms with E-state index in [9.17, 15) is 21.6 Å². The maximum Gasteiger partial charge on any atom is 0.243 e. The van der Waals surface area contributed by atoms with Crippen molar-refractivity contribution in [3.8, 4) is 5.75 Å². The second-order valence-corrected chi connectivity index (χ2v) is 10.7. The van der Waals surface area contributed by atoms with Crippen LogP contribution >= 0.6 is 0 Å². The van der Waals surface area contributed by atoms with Crippen LogP contribution in [0.15, 0.2) is 29.2 Å². The molecule has 27 heavy (non-hydrogen) atoms. The molecule has 1 amide bonds. The predicted octanol–water partition coefficient (Wildman–Crippen LogP) is 1.04. The molecule has 2 fully saturated rings. The van der Waals surface area contributed by atoms with Crippen molar-refractivity contribution in [2.75, 3.05) is 19.9 Å². The van der Waals surface area contributed by atoms with Gasteiger partial charge < -0.3 is 4.74 Å². The van der Waals surface area contributed by atoms with Crippen molar-refractivity contribution >= 4 is 26.0 Å². The number of amides is 1. The fraction of sp³-hybridized carbons (Fsp3) is 0.588. The molecule has 1 aromatic carbocycles. The van der Waals surface area contributed by atoms with Crippen molar-refractivity contribution in [2.24, 2.45) is 5.92 Å². The van der Waals surface area contributed by atoms with Crippen LogP contribution < -0.4 is 4.74 Å². The van der Waals surface area contributed by atoms with E-state index < -0.39 is 44.0 Å². The number of carbonyl (C=O) groups is 1. The van der Waals surface area contributed by atoms with Crippen LogP contribution in [0.2, 0.25) is 0 Å². The highest BCUT2D eigenvalue weighted by Crippen LogP contribution is 2.42. The standard InChI is InChI=1S/C17H24N2O6S2/c1-4-5-14-16-15(19(17(14)20)26(3,21)22)10-11-18(16)27(23,24)13-8-6-12(25-2)7-9-13/h6-9,14-16H,4-5,10-11H2,1-3H3/t14-,15+,16-/m1/s1. The van der Waals surface area contributed by atoms with Gasteiger partial charge in [0, 0.05) is 6.54 Å². The Morgan fingerprint density at radius 1 is 1.15 bits per heavy atom. The minimum atomic E-state index is -3.86. The monoisotopic (exact) mass is 416 g/mol. The van der Waals surface area contributed by atoms with Crippen molar-refractivity contribution < 1.29 is 26.4 Å². The lowest BCUT2D eigenvalue weighted by Gasteiger charge is -2.26. The van der Waals surface area contributed by atoms with Crippen molar-refractivity contribution in [1.29, 1.82) is 0 Å². The lowest BCUT2D eigenvalue weighted by atomic mass is 9.95. The van der Waals surface area contributed by atoms with Crippen LogP contribution in [0.5, 0.6) is 5.75 Å². The third-order valence-corrected chi connectivity index (χ3v) is 8.32. The Labute approximate surface area is 160 Å². The number of hydrogen-bond acceptors (Lipinski definition) is 6. The summed E-state index contributed by atoms with van der Waals surface area (Å²) in [7, 11) is -6.12. The van der Waals surface area contributed by atoms with E-state index in [-0.39, 0.29) is 11.4 Å². The van der Waals surface area contributed by atoms with Gasteiger partial charge in [0.05, 0.1) is 36.3 Å². The molecule has 8 nitrogen and oxygen atoms in total. The number of sulfonamides is 2. The van der Waals surface area contributed by atoms with Gasteiger partial charge in [0.25, 0.3) is 0 Å². The molecule has 0 unspecified atom stereocenters. The maximum atomic E-state index is 13.2. The van der Waals surface area contributed by atoms with Crippen LogP contribution in [0.4, 0.5) is 0 Å². The molecule has 0 spiro atoms. The fourth-order valence-corrected chi connectivity index (χ4v) is 7.04. The van der Waals surface area contributed by atoms with Gasteiger partial charge in [0.15, 0.2) is 0 Å². The molecule has 10 heteroatoms.